The van der Waals surface area contributed by atoms with Gasteiger partial charge in [-0.2, -0.15) is 0 Å². The number of nitrogens with zero attached hydrogens (tertiary/aromatic N) is 1. The second kappa shape index (κ2) is 13.6. The third kappa shape index (κ3) is 5.62. The molecule has 0 N–H and O–H groups in total. The Morgan fingerprint density at radius 2 is 0.915 bits per heavy atom. The minimum Gasteiger partial charge on any atom is -0.456 e. The highest BCUT2D eigenvalue weighted by Crippen LogP contribution is 2.50. The van der Waals surface area contributed by atoms with Gasteiger partial charge < -0.3 is 9.32 Å². The van der Waals surface area contributed by atoms with Crippen LogP contribution >= 0.6 is 11.3 Å². The first-order valence-corrected chi connectivity index (χ1v) is 20.9. The zero-order chi connectivity index (χ0) is 38.9. The van der Waals surface area contributed by atoms with Gasteiger partial charge in [0.25, 0.3) is 0 Å². The fraction of sp³-hybridized carbons (Fsp3) is 0. The maximum absolute atomic E-state index is 6.75. The molecule has 0 saturated carbocycles. The van der Waals surface area contributed by atoms with E-state index >= 15 is 0 Å². The van der Waals surface area contributed by atoms with E-state index in [1.165, 1.54) is 69.5 Å². The summed E-state index contributed by atoms with van der Waals surface area (Å²) in [6, 6.07) is 76.9. The van der Waals surface area contributed by atoms with E-state index < -0.39 is 0 Å². The van der Waals surface area contributed by atoms with Gasteiger partial charge in [0.2, 0.25) is 0 Å². The van der Waals surface area contributed by atoms with Crippen LogP contribution in [0.5, 0.6) is 0 Å². The molecule has 12 rings (SSSR count). The normalized spacial score (nSPS) is 11.7. The van der Waals surface area contributed by atoms with E-state index in [-0.39, 0.29) is 0 Å². The molecule has 59 heavy (non-hydrogen) atoms. The molecule has 2 heterocycles. The summed E-state index contributed by atoms with van der Waals surface area (Å²) in [5, 5.41) is 9.64. The Kier molecular flexibility index (Phi) is 7.75. The van der Waals surface area contributed by atoms with Crippen LogP contribution in [0, 0.1) is 0 Å². The van der Waals surface area contributed by atoms with Gasteiger partial charge in [-0.3, -0.25) is 0 Å². The largest absolute Gasteiger partial charge is 0.456 e. The molecule has 0 aliphatic heterocycles. The minimum atomic E-state index is 0.860. The lowest BCUT2D eigenvalue weighted by atomic mass is 9.98. The van der Waals surface area contributed by atoms with Crippen LogP contribution in [0.25, 0.3) is 97.0 Å². The van der Waals surface area contributed by atoms with Gasteiger partial charge in [-0.15, -0.1) is 11.3 Å². The summed E-state index contributed by atoms with van der Waals surface area (Å²) >= 11 is 1.88. The van der Waals surface area contributed by atoms with Crippen molar-refractivity contribution in [1.29, 1.82) is 0 Å². The van der Waals surface area contributed by atoms with Gasteiger partial charge in [0.15, 0.2) is 0 Å². The Labute approximate surface area is 345 Å². The summed E-state index contributed by atoms with van der Waals surface area (Å²) in [6.07, 6.45) is 0. The molecular formula is C56H35NOS. The standard InChI is InChI=1S/C56H35NOS/c1-4-12-36(13-5-1)40-22-26-48-49-29-25-44(35-53(49)58-52(48)33-40)57(43-24-28-46-42(32-43)21-20-39-18-10-11-19-45(39)46)51-31-30-47(38-16-8-3-9-17-38)56-55(51)50-27-23-41(34-54(50)59-56)37-14-6-2-7-15-37/h1-35H. The SMILES string of the molecule is c1ccc(-c2ccc3c(c2)oc2cc(N(c4ccc5c(ccc6ccccc65)c4)c4ccc(-c5ccccc5)c5sc6cc(-c7ccccc7)ccc6c45)ccc23)cc1. The van der Waals surface area contributed by atoms with Crippen molar-refractivity contribution in [2.75, 3.05) is 4.90 Å². The molecule has 3 heteroatoms. The fourth-order valence-corrected chi connectivity index (χ4v) is 10.3. The van der Waals surface area contributed by atoms with Crippen LogP contribution in [0.4, 0.5) is 17.1 Å². The first-order valence-electron chi connectivity index (χ1n) is 20.1. The van der Waals surface area contributed by atoms with Crippen LogP contribution in [0.2, 0.25) is 0 Å². The van der Waals surface area contributed by atoms with E-state index in [9.17, 15) is 0 Å². The maximum Gasteiger partial charge on any atom is 0.137 e. The number of anilines is 3. The van der Waals surface area contributed by atoms with Gasteiger partial charge in [0.05, 0.1) is 5.69 Å². The number of rotatable bonds is 6. The molecule has 2 aromatic heterocycles. The van der Waals surface area contributed by atoms with E-state index in [4.69, 9.17) is 4.42 Å². The van der Waals surface area contributed by atoms with Crippen molar-refractivity contribution in [3.8, 4) is 33.4 Å². The highest BCUT2D eigenvalue weighted by molar-refractivity contribution is 7.26. The molecule has 0 spiro atoms. The average Bonchev–Trinajstić information content (AvgIpc) is 3.88. The smallest absolute Gasteiger partial charge is 0.137 e. The molecule has 276 valence electrons. The van der Waals surface area contributed by atoms with E-state index in [1.54, 1.807) is 0 Å². The summed E-state index contributed by atoms with van der Waals surface area (Å²) < 4.78 is 9.28. The molecule has 0 aliphatic carbocycles. The van der Waals surface area contributed by atoms with Crippen molar-refractivity contribution >= 4 is 92.1 Å². The van der Waals surface area contributed by atoms with E-state index in [0.29, 0.717) is 0 Å². The third-order valence-corrected chi connectivity index (χ3v) is 13.0. The zero-order valence-corrected chi connectivity index (χ0v) is 32.8. The molecule has 0 amide bonds. The van der Waals surface area contributed by atoms with Crippen molar-refractivity contribution in [3.05, 3.63) is 212 Å². The van der Waals surface area contributed by atoms with Crippen molar-refractivity contribution < 1.29 is 4.42 Å². The zero-order valence-electron chi connectivity index (χ0n) is 32.0. The van der Waals surface area contributed by atoms with Gasteiger partial charge in [0, 0.05) is 48.4 Å². The lowest BCUT2D eigenvalue weighted by Crippen LogP contribution is -2.10. The molecule has 12 aromatic rings. The van der Waals surface area contributed by atoms with Gasteiger partial charge >= 0.3 is 0 Å². The molecule has 0 atom stereocenters. The van der Waals surface area contributed by atoms with Crippen molar-refractivity contribution in [3.63, 3.8) is 0 Å². The second-order valence-corrected chi connectivity index (χ2v) is 16.3. The Hall–Kier alpha value is -7.46. The summed E-state index contributed by atoms with van der Waals surface area (Å²) in [4.78, 5) is 2.44. The molecule has 0 unspecified atom stereocenters. The highest BCUT2D eigenvalue weighted by atomic mass is 32.1. The van der Waals surface area contributed by atoms with Gasteiger partial charge in [-0.05, 0) is 103 Å². The lowest BCUT2D eigenvalue weighted by Gasteiger charge is -2.27. The molecular weight excluding hydrogens is 735 g/mol. The number of hydrogen-bond acceptors (Lipinski definition) is 3. The maximum atomic E-state index is 6.75. The van der Waals surface area contributed by atoms with Gasteiger partial charge in [-0.1, -0.05) is 158 Å². The van der Waals surface area contributed by atoms with Gasteiger partial charge in [-0.25, -0.2) is 0 Å². The van der Waals surface area contributed by atoms with E-state index in [2.05, 4.69) is 217 Å². The van der Waals surface area contributed by atoms with Crippen LogP contribution in [0.15, 0.2) is 217 Å². The molecule has 0 bridgehead atoms. The third-order valence-electron chi connectivity index (χ3n) is 11.8. The van der Waals surface area contributed by atoms with Crippen LogP contribution in [-0.2, 0) is 0 Å². The molecule has 0 saturated heterocycles. The summed E-state index contributed by atoms with van der Waals surface area (Å²) in [7, 11) is 0. The molecule has 10 aromatic carbocycles. The lowest BCUT2D eigenvalue weighted by molar-refractivity contribution is 0.669. The number of thiophene rings is 1. The molecule has 0 radical (unpaired) electrons. The fourth-order valence-electron chi connectivity index (χ4n) is 8.99. The van der Waals surface area contributed by atoms with Crippen molar-refractivity contribution in [1.82, 2.24) is 0 Å². The van der Waals surface area contributed by atoms with Crippen molar-refractivity contribution in [2.24, 2.45) is 0 Å². The van der Waals surface area contributed by atoms with E-state index in [0.717, 1.165) is 44.6 Å². The average molecular weight is 770 g/mol. The molecule has 0 aliphatic rings. The summed E-state index contributed by atoms with van der Waals surface area (Å²) in [5.74, 6) is 0. The Morgan fingerprint density at radius 3 is 1.66 bits per heavy atom. The molecule has 0 fully saturated rings. The Balaban J connectivity index is 1.11. The first-order chi connectivity index (χ1) is 29.2. The number of fused-ring (bicyclic) bond motifs is 9. The molecule has 2 nitrogen and oxygen atoms in total. The van der Waals surface area contributed by atoms with E-state index in [1.807, 2.05) is 11.3 Å². The van der Waals surface area contributed by atoms with Gasteiger partial charge in [0.1, 0.15) is 11.2 Å². The quantitative estimate of drug-likeness (QED) is 0.157. The van der Waals surface area contributed by atoms with Crippen LogP contribution < -0.4 is 4.90 Å². The van der Waals surface area contributed by atoms with Crippen LogP contribution in [0.1, 0.15) is 0 Å². The summed E-state index contributed by atoms with van der Waals surface area (Å²) in [5.41, 5.74) is 12.2. The van der Waals surface area contributed by atoms with Crippen LogP contribution in [0.3, 0.4) is 0 Å². The highest BCUT2D eigenvalue weighted by Gasteiger charge is 2.23. The number of hydrogen-bond donors (Lipinski definition) is 0. The topological polar surface area (TPSA) is 16.4 Å². The predicted octanol–water partition coefficient (Wildman–Crippen LogP) is 16.7. The second-order valence-electron chi connectivity index (χ2n) is 15.3. The monoisotopic (exact) mass is 769 g/mol. The summed E-state index contributed by atoms with van der Waals surface area (Å²) in [6.45, 7) is 0. The Bertz CT molecular complexity index is 3550. The minimum absolute atomic E-state index is 0.860. The number of furan rings is 1. The van der Waals surface area contributed by atoms with Crippen molar-refractivity contribution in [2.45, 2.75) is 0 Å². The Morgan fingerprint density at radius 1 is 0.356 bits per heavy atom. The first kappa shape index (κ1) is 33.7. The van der Waals surface area contributed by atoms with Crippen LogP contribution in [-0.4, -0.2) is 0 Å². The predicted molar refractivity (Wildman–Crippen MR) is 253 cm³/mol. The number of benzene rings is 10.